The summed E-state index contributed by atoms with van der Waals surface area (Å²) in [5.74, 6) is -0.869. The Bertz CT molecular complexity index is 938. The SMILES string of the molecule is CCN(C(=O)COC(=O)c1ccc2ccccc2c1)[C@H]1CCS(=O)(=O)C1. The zero-order chi connectivity index (χ0) is 18.7. The summed E-state index contributed by atoms with van der Waals surface area (Å²) >= 11 is 0. The minimum atomic E-state index is -3.08. The van der Waals surface area contributed by atoms with Gasteiger partial charge in [0.1, 0.15) is 0 Å². The third-order valence-corrected chi connectivity index (χ3v) is 6.37. The Kier molecular flexibility index (Phi) is 5.27. The summed E-state index contributed by atoms with van der Waals surface area (Å²) in [6.45, 7) is 1.77. The van der Waals surface area contributed by atoms with E-state index < -0.39 is 22.4 Å². The van der Waals surface area contributed by atoms with Crippen LogP contribution in [0.2, 0.25) is 0 Å². The van der Waals surface area contributed by atoms with Gasteiger partial charge in [-0.1, -0.05) is 30.3 Å². The molecule has 1 saturated heterocycles. The predicted octanol–water partition coefficient (Wildman–Crippen LogP) is 2.03. The summed E-state index contributed by atoms with van der Waals surface area (Å²) in [6, 6.07) is 12.5. The molecule has 0 aliphatic carbocycles. The molecule has 0 bridgehead atoms. The van der Waals surface area contributed by atoms with Crippen molar-refractivity contribution in [1.82, 2.24) is 4.90 Å². The standard InChI is InChI=1S/C19H21NO5S/c1-2-20(17-9-10-26(23,24)13-17)18(21)12-25-19(22)16-8-7-14-5-3-4-6-15(14)11-16/h3-8,11,17H,2,9-10,12-13H2,1H3/t17-/m0/s1. The summed E-state index contributed by atoms with van der Waals surface area (Å²) in [7, 11) is -3.08. The average Bonchev–Trinajstić information content (AvgIpc) is 2.99. The van der Waals surface area contributed by atoms with Crippen molar-refractivity contribution in [3.63, 3.8) is 0 Å². The molecule has 0 aromatic heterocycles. The van der Waals surface area contributed by atoms with Crippen molar-refractivity contribution in [2.24, 2.45) is 0 Å². The Balaban J connectivity index is 1.63. The molecule has 0 unspecified atom stereocenters. The summed E-state index contributed by atoms with van der Waals surface area (Å²) in [6.07, 6.45) is 0.431. The molecule has 26 heavy (non-hydrogen) atoms. The van der Waals surface area contributed by atoms with Crippen LogP contribution in [-0.2, 0) is 19.4 Å². The van der Waals surface area contributed by atoms with Gasteiger partial charge < -0.3 is 9.64 Å². The predicted molar refractivity (Wildman–Crippen MR) is 98.7 cm³/mol. The molecule has 1 atom stereocenters. The Morgan fingerprint density at radius 2 is 1.88 bits per heavy atom. The zero-order valence-electron chi connectivity index (χ0n) is 14.6. The highest BCUT2D eigenvalue weighted by Gasteiger charge is 2.34. The second-order valence-corrected chi connectivity index (χ2v) is 8.60. The molecule has 7 heteroatoms. The lowest BCUT2D eigenvalue weighted by atomic mass is 10.1. The van der Waals surface area contributed by atoms with E-state index in [9.17, 15) is 18.0 Å². The van der Waals surface area contributed by atoms with Gasteiger partial charge in [-0.05, 0) is 36.2 Å². The summed E-state index contributed by atoms with van der Waals surface area (Å²) in [4.78, 5) is 26.1. The number of likely N-dealkylation sites (N-methyl/N-ethyl adjacent to an activating group) is 1. The molecule has 0 spiro atoms. The number of fused-ring (bicyclic) bond motifs is 1. The van der Waals surface area contributed by atoms with Crippen LogP contribution in [0.15, 0.2) is 42.5 Å². The normalized spacial score (nSPS) is 18.6. The van der Waals surface area contributed by atoms with Crippen LogP contribution in [0, 0.1) is 0 Å². The highest BCUT2D eigenvalue weighted by atomic mass is 32.2. The molecule has 138 valence electrons. The van der Waals surface area contributed by atoms with E-state index in [4.69, 9.17) is 4.74 Å². The number of hydrogen-bond donors (Lipinski definition) is 0. The fraction of sp³-hybridized carbons (Fsp3) is 0.368. The van der Waals surface area contributed by atoms with Gasteiger partial charge in [0.05, 0.1) is 17.1 Å². The lowest BCUT2D eigenvalue weighted by Gasteiger charge is -2.26. The Morgan fingerprint density at radius 3 is 2.54 bits per heavy atom. The minimum Gasteiger partial charge on any atom is -0.452 e. The maximum atomic E-state index is 12.4. The smallest absolute Gasteiger partial charge is 0.338 e. The van der Waals surface area contributed by atoms with Gasteiger partial charge in [-0.2, -0.15) is 0 Å². The molecule has 1 amide bonds. The number of esters is 1. The number of benzene rings is 2. The first-order valence-electron chi connectivity index (χ1n) is 8.55. The third-order valence-electron chi connectivity index (χ3n) is 4.62. The third kappa shape index (κ3) is 4.04. The van der Waals surface area contributed by atoms with E-state index >= 15 is 0 Å². The Morgan fingerprint density at radius 1 is 1.15 bits per heavy atom. The molecular formula is C19H21NO5S. The van der Waals surface area contributed by atoms with E-state index in [-0.39, 0.29) is 23.5 Å². The quantitative estimate of drug-likeness (QED) is 0.747. The first-order valence-corrected chi connectivity index (χ1v) is 10.4. The van der Waals surface area contributed by atoms with Crippen molar-refractivity contribution in [2.75, 3.05) is 24.7 Å². The van der Waals surface area contributed by atoms with E-state index in [2.05, 4.69) is 0 Å². The van der Waals surface area contributed by atoms with Crippen molar-refractivity contribution in [2.45, 2.75) is 19.4 Å². The van der Waals surface area contributed by atoms with Gasteiger partial charge in [-0.15, -0.1) is 0 Å². The highest BCUT2D eigenvalue weighted by Crippen LogP contribution is 2.19. The summed E-state index contributed by atoms with van der Waals surface area (Å²) < 4.78 is 28.4. The van der Waals surface area contributed by atoms with Crippen LogP contribution in [0.1, 0.15) is 23.7 Å². The van der Waals surface area contributed by atoms with Crippen molar-refractivity contribution >= 4 is 32.5 Å². The second kappa shape index (κ2) is 7.45. The lowest BCUT2D eigenvalue weighted by Crippen LogP contribution is -2.43. The average molecular weight is 375 g/mol. The number of rotatable bonds is 5. The molecule has 1 aliphatic rings. The highest BCUT2D eigenvalue weighted by molar-refractivity contribution is 7.91. The molecule has 2 aromatic rings. The molecule has 1 heterocycles. The maximum absolute atomic E-state index is 12.4. The van der Waals surface area contributed by atoms with Crippen LogP contribution in [0.25, 0.3) is 10.8 Å². The van der Waals surface area contributed by atoms with Crippen LogP contribution in [-0.4, -0.2) is 55.9 Å². The van der Waals surface area contributed by atoms with Crippen LogP contribution in [0.4, 0.5) is 0 Å². The van der Waals surface area contributed by atoms with Gasteiger partial charge in [-0.3, -0.25) is 4.79 Å². The number of nitrogens with zero attached hydrogens (tertiary/aromatic N) is 1. The fourth-order valence-electron chi connectivity index (χ4n) is 3.27. The van der Waals surface area contributed by atoms with Gasteiger partial charge in [0.25, 0.3) is 5.91 Å². The van der Waals surface area contributed by atoms with E-state index in [1.165, 1.54) is 4.90 Å². The number of sulfone groups is 1. The van der Waals surface area contributed by atoms with Gasteiger partial charge >= 0.3 is 5.97 Å². The molecule has 0 N–H and O–H groups in total. The van der Waals surface area contributed by atoms with Crippen molar-refractivity contribution in [1.29, 1.82) is 0 Å². The zero-order valence-corrected chi connectivity index (χ0v) is 15.4. The number of amides is 1. The first-order chi connectivity index (χ1) is 12.4. The van der Waals surface area contributed by atoms with Gasteiger partial charge in [0.2, 0.25) is 0 Å². The van der Waals surface area contributed by atoms with E-state index in [0.29, 0.717) is 18.5 Å². The van der Waals surface area contributed by atoms with Gasteiger partial charge in [0.15, 0.2) is 16.4 Å². The number of carbonyl (C=O) groups is 2. The second-order valence-electron chi connectivity index (χ2n) is 6.37. The van der Waals surface area contributed by atoms with Crippen LogP contribution < -0.4 is 0 Å². The molecular weight excluding hydrogens is 354 g/mol. The molecule has 0 radical (unpaired) electrons. The molecule has 0 saturated carbocycles. The van der Waals surface area contributed by atoms with Crippen LogP contribution >= 0.6 is 0 Å². The minimum absolute atomic E-state index is 0.0226. The molecule has 2 aromatic carbocycles. The molecule has 1 aliphatic heterocycles. The fourth-order valence-corrected chi connectivity index (χ4v) is 5.00. The topological polar surface area (TPSA) is 80.8 Å². The van der Waals surface area contributed by atoms with Crippen molar-refractivity contribution in [3.05, 3.63) is 48.0 Å². The van der Waals surface area contributed by atoms with Crippen LogP contribution in [0.3, 0.4) is 0 Å². The first kappa shape index (κ1) is 18.4. The molecule has 1 fully saturated rings. The Hall–Kier alpha value is -2.41. The van der Waals surface area contributed by atoms with E-state index in [1.54, 1.807) is 19.1 Å². The van der Waals surface area contributed by atoms with Gasteiger partial charge in [-0.25, -0.2) is 13.2 Å². The van der Waals surface area contributed by atoms with Crippen LogP contribution in [0.5, 0.6) is 0 Å². The number of hydrogen-bond acceptors (Lipinski definition) is 5. The van der Waals surface area contributed by atoms with Crippen molar-refractivity contribution < 1.29 is 22.7 Å². The van der Waals surface area contributed by atoms with E-state index in [1.807, 2.05) is 30.3 Å². The number of ether oxygens (including phenoxy) is 1. The Labute approximate surface area is 152 Å². The lowest BCUT2D eigenvalue weighted by molar-refractivity contribution is -0.136. The maximum Gasteiger partial charge on any atom is 0.338 e. The monoisotopic (exact) mass is 375 g/mol. The molecule has 6 nitrogen and oxygen atoms in total. The molecule has 3 rings (SSSR count). The van der Waals surface area contributed by atoms with E-state index in [0.717, 1.165) is 10.8 Å². The summed E-state index contributed by atoms with van der Waals surface area (Å²) in [5, 5.41) is 1.93. The van der Waals surface area contributed by atoms with Crippen molar-refractivity contribution in [3.8, 4) is 0 Å². The number of carbonyl (C=O) groups excluding carboxylic acids is 2. The largest absolute Gasteiger partial charge is 0.452 e. The summed E-state index contributed by atoms with van der Waals surface area (Å²) in [5.41, 5.74) is 0.378. The van der Waals surface area contributed by atoms with Gasteiger partial charge in [0, 0.05) is 12.6 Å².